The predicted octanol–water partition coefficient (Wildman–Crippen LogP) is 2.70. The van der Waals surface area contributed by atoms with Gasteiger partial charge in [0.2, 0.25) is 5.95 Å². The molecule has 1 saturated carbocycles. The molecule has 1 atom stereocenters. The van der Waals surface area contributed by atoms with Gasteiger partial charge in [-0.1, -0.05) is 0 Å². The molecular weight excluding hydrogens is 482 g/mol. The van der Waals surface area contributed by atoms with E-state index in [4.69, 9.17) is 0 Å². The van der Waals surface area contributed by atoms with Gasteiger partial charge in [0.1, 0.15) is 9.84 Å². The molecule has 35 heavy (non-hydrogen) atoms. The van der Waals surface area contributed by atoms with Crippen molar-refractivity contribution >= 4 is 21.3 Å². The second-order valence-electron chi connectivity index (χ2n) is 9.13. The van der Waals surface area contributed by atoms with E-state index < -0.39 is 22.5 Å². The number of aliphatic hydroxyl groups is 1. The Balaban J connectivity index is 1.66. The molecular formula is C22H30F2N6O4S. The summed E-state index contributed by atoms with van der Waals surface area (Å²) in [5, 5.41) is 21.9. The summed E-state index contributed by atoms with van der Waals surface area (Å²) >= 11 is 0. The highest BCUT2D eigenvalue weighted by molar-refractivity contribution is 7.90. The van der Waals surface area contributed by atoms with E-state index in [-0.39, 0.29) is 36.9 Å². The Morgan fingerprint density at radius 3 is 2.69 bits per heavy atom. The number of aryl methyl sites for hydroxylation is 1. The summed E-state index contributed by atoms with van der Waals surface area (Å²) < 4.78 is 55.5. The number of halogens is 2. The molecule has 13 heteroatoms. The maximum absolute atomic E-state index is 12.4. The number of alkyl halides is 2. The second-order valence-corrected chi connectivity index (χ2v) is 11.4. The van der Waals surface area contributed by atoms with Crippen LogP contribution in [0.3, 0.4) is 0 Å². The number of aliphatic hydroxyl groups excluding tert-OH is 1. The zero-order valence-electron chi connectivity index (χ0n) is 19.6. The molecule has 3 aromatic rings. The highest BCUT2D eigenvalue weighted by atomic mass is 32.2. The standard InChI is InChI=1S/C22H30F2N6O4S/c1-14(13-34-21(23)24)27-22-25-11-20-18(16-10-26-29(12-16)7-8-35(2,32)33)9-19(30(20)28-22)15-3-5-17(31)6-4-15/h9-12,14-15,17,21,31H,3-8,13H2,1-2H3,(H,27,28)/t14-,15-,17-/m0/s1. The smallest absolute Gasteiger partial charge is 0.345 e. The van der Waals surface area contributed by atoms with Gasteiger partial charge >= 0.3 is 6.61 Å². The van der Waals surface area contributed by atoms with Crippen molar-refractivity contribution < 1.29 is 27.0 Å². The molecule has 0 aliphatic heterocycles. The van der Waals surface area contributed by atoms with Crippen LogP contribution in [0.25, 0.3) is 16.6 Å². The molecule has 1 fully saturated rings. The number of fused-ring (bicyclic) bond motifs is 1. The van der Waals surface area contributed by atoms with E-state index >= 15 is 0 Å². The van der Waals surface area contributed by atoms with Gasteiger partial charge in [-0.2, -0.15) is 13.9 Å². The van der Waals surface area contributed by atoms with Crippen molar-refractivity contribution in [3.8, 4) is 11.1 Å². The number of nitrogens with zero attached hydrogens (tertiary/aromatic N) is 5. The van der Waals surface area contributed by atoms with Crippen LogP contribution in [0.1, 0.15) is 44.2 Å². The lowest BCUT2D eigenvalue weighted by molar-refractivity contribution is -0.130. The minimum absolute atomic E-state index is 0.00806. The van der Waals surface area contributed by atoms with Gasteiger partial charge in [0.15, 0.2) is 0 Å². The zero-order valence-corrected chi connectivity index (χ0v) is 20.5. The van der Waals surface area contributed by atoms with Crippen molar-refractivity contribution in [1.82, 2.24) is 24.4 Å². The molecule has 1 aliphatic rings. The minimum Gasteiger partial charge on any atom is -0.393 e. The third-order valence-corrected chi connectivity index (χ3v) is 7.07. The summed E-state index contributed by atoms with van der Waals surface area (Å²) in [7, 11) is -3.11. The number of sulfone groups is 1. The highest BCUT2D eigenvalue weighted by Gasteiger charge is 2.26. The summed E-state index contributed by atoms with van der Waals surface area (Å²) in [6.45, 7) is -1.09. The molecule has 0 unspecified atom stereocenters. The first-order chi connectivity index (χ1) is 16.6. The number of anilines is 1. The van der Waals surface area contributed by atoms with E-state index in [9.17, 15) is 22.3 Å². The van der Waals surface area contributed by atoms with E-state index in [1.165, 1.54) is 6.26 Å². The van der Waals surface area contributed by atoms with E-state index in [0.717, 1.165) is 35.2 Å². The molecule has 3 heterocycles. The largest absolute Gasteiger partial charge is 0.393 e. The van der Waals surface area contributed by atoms with Crippen LogP contribution in [-0.4, -0.2) is 75.3 Å². The monoisotopic (exact) mass is 512 g/mol. The molecule has 0 spiro atoms. The molecule has 1 aliphatic carbocycles. The first kappa shape index (κ1) is 25.5. The average Bonchev–Trinajstić information content (AvgIpc) is 3.41. The molecule has 192 valence electrons. The normalized spacial score (nSPS) is 19.9. The maximum atomic E-state index is 12.4. The van der Waals surface area contributed by atoms with Crippen molar-refractivity contribution in [2.75, 3.05) is 23.9 Å². The number of hydrogen-bond donors (Lipinski definition) is 2. The number of ether oxygens (including phenoxy) is 1. The van der Waals surface area contributed by atoms with Gasteiger partial charge in [0, 0.05) is 41.2 Å². The topological polar surface area (TPSA) is 124 Å². The minimum atomic E-state index is -3.11. The lowest BCUT2D eigenvalue weighted by atomic mass is 9.85. The van der Waals surface area contributed by atoms with Crippen LogP contribution in [0.15, 0.2) is 24.7 Å². The Morgan fingerprint density at radius 1 is 1.26 bits per heavy atom. The summed E-state index contributed by atoms with van der Waals surface area (Å²) in [4.78, 5) is 4.37. The fraction of sp³-hybridized carbons (Fsp3) is 0.591. The van der Waals surface area contributed by atoms with Crippen molar-refractivity contribution in [1.29, 1.82) is 0 Å². The molecule has 3 aromatic heterocycles. The fourth-order valence-electron chi connectivity index (χ4n) is 4.34. The van der Waals surface area contributed by atoms with Crippen molar-refractivity contribution in [2.24, 2.45) is 0 Å². The van der Waals surface area contributed by atoms with E-state index in [2.05, 4.69) is 25.2 Å². The third-order valence-electron chi connectivity index (χ3n) is 6.14. The first-order valence-corrected chi connectivity index (χ1v) is 13.6. The molecule has 2 N–H and O–H groups in total. The lowest BCUT2D eigenvalue weighted by Crippen LogP contribution is -2.25. The Morgan fingerprint density at radius 2 is 2.00 bits per heavy atom. The van der Waals surface area contributed by atoms with E-state index in [0.29, 0.717) is 12.8 Å². The summed E-state index contributed by atoms with van der Waals surface area (Å²) in [5.41, 5.74) is 3.38. The van der Waals surface area contributed by atoms with Crippen LogP contribution in [0.5, 0.6) is 0 Å². The SMILES string of the molecule is C[C@@H](COC(F)F)Nc1ncc2c(-c3cnn(CCS(C)(=O)=O)c3)cc([C@H]3CC[C@H](O)CC3)n2n1. The van der Waals surface area contributed by atoms with Gasteiger partial charge in [0.25, 0.3) is 0 Å². The quantitative estimate of drug-likeness (QED) is 0.425. The highest BCUT2D eigenvalue weighted by Crippen LogP contribution is 2.37. The van der Waals surface area contributed by atoms with E-state index in [1.54, 1.807) is 30.2 Å². The van der Waals surface area contributed by atoms with Crippen LogP contribution in [0.2, 0.25) is 0 Å². The van der Waals surface area contributed by atoms with Gasteiger partial charge in [-0.3, -0.25) is 4.68 Å². The average molecular weight is 513 g/mol. The zero-order chi connectivity index (χ0) is 25.2. The first-order valence-electron chi connectivity index (χ1n) is 11.5. The molecule has 0 aromatic carbocycles. The number of rotatable bonds is 10. The lowest BCUT2D eigenvalue weighted by Gasteiger charge is -2.25. The molecule has 10 nitrogen and oxygen atoms in total. The third kappa shape index (κ3) is 6.53. The number of nitrogens with one attached hydrogen (secondary N) is 1. The van der Waals surface area contributed by atoms with Gasteiger partial charge in [0.05, 0.1) is 42.9 Å². The summed E-state index contributed by atoms with van der Waals surface area (Å²) in [6, 6.07) is 1.61. The van der Waals surface area contributed by atoms with Crippen LogP contribution in [0.4, 0.5) is 14.7 Å². The fourth-order valence-corrected chi connectivity index (χ4v) is 4.86. The van der Waals surface area contributed by atoms with Crippen molar-refractivity contribution in [3.05, 3.63) is 30.4 Å². The van der Waals surface area contributed by atoms with Crippen LogP contribution < -0.4 is 5.32 Å². The molecule has 0 bridgehead atoms. The molecule has 0 amide bonds. The second kappa shape index (κ2) is 10.5. The summed E-state index contributed by atoms with van der Waals surface area (Å²) in [5.74, 6) is 0.458. The van der Waals surface area contributed by atoms with Gasteiger partial charge < -0.3 is 15.2 Å². The molecule has 4 rings (SSSR count). The Bertz CT molecular complexity index is 1250. The Labute approximate surface area is 202 Å². The predicted molar refractivity (Wildman–Crippen MR) is 126 cm³/mol. The van der Waals surface area contributed by atoms with Gasteiger partial charge in [-0.25, -0.2) is 17.9 Å². The Hall–Kier alpha value is -2.64. The molecule has 0 saturated heterocycles. The molecule has 0 radical (unpaired) electrons. The number of aromatic nitrogens is 5. The van der Waals surface area contributed by atoms with Crippen molar-refractivity contribution in [3.63, 3.8) is 0 Å². The van der Waals surface area contributed by atoms with Crippen LogP contribution >= 0.6 is 0 Å². The van der Waals surface area contributed by atoms with Gasteiger partial charge in [-0.05, 0) is 38.7 Å². The van der Waals surface area contributed by atoms with Gasteiger partial charge in [-0.15, -0.1) is 5.10 Å². The number of hydrogen-bond acceptors (Lipinski definition) is 8. The van der Waals surface area contributed by atoms with Crippen molar-refractivity contribution in [2.45, 2.75) is 63.8 Å². The summed E-state index contributed by atoms with van der Waals surface area (Å²) in [6.07, 6.45) is 9.07. The maximum Gasteiger partial charge on any atom is 0.345 e. The van der Waals surface area contributed by atoms with Crippen LogP contribution in [-0.2, 0) is 21.1 Å². The van der Waals surface area contributed by atoms with Crippen LogP contribution in [0, 0.1) is 0 Å². The Kier molecular flexibility index (Phi) is 7.67. The van der Waals surface area contributed by atoms with E-state index in [1.807, 2.05) is 10.6 Å².